The molecule has 0 aliphatic carbocycles. The Labute approximate surface area is 180 Å². The molecule has 1 heterocycles. The van der Waals surface area contributed by atoms with E-state index in [4.69, 9.17) is 9.47 Å². The van der Waals surface area contributed by atoms with Gasteiger partial charge in [-0.05, 0) is 61.0 Å². The molecule has 0 bridgehead atoms. The van der Waals surface area contributed by atoms with Crippen LogP contribution in [0.5, 0.6) is 17.2 Å². The fourth-order valence-electron chi connectivity index (χ4n) is 3.10. The van der Waals surface area contributed by atoms with Gasteiger partial charge in [-0.2, -0.15) is 0 Å². The van der Waals surface area contributed by atoms with E-state index in [1.807, 2.05) is 24.3 Å². The lowest BCUT2D eigenvalue weighted by molar-refractivity contribution is 0.102. The number of nitrogens with one attached hydrogen (secondary N) is 3. The Morgan fingerprint density at radius 2 is 1.71 bits per heavy atom. The van der Waals surface area contributed by atoms with Crippen molar-refractivity contribution in [2.45, 2.75) is 19.8 Å². The molecule has 7 nitrogen and oxygen atoms in total. The summed E-state index contributed by atoms with van der Waals surface area (Å²) in [5.74, 6) is 1.45. The number of carbonyl (C=O) groups excluding carboxylic acids is 2. The van der Waals surface area contributed by atoms with Crippen molar-refractivity contribution in [3.8, 4) is 17.2 Å². The zero-order valence-corrected chi connectivity index (χ0v) is 17.1. The van der Waals surface area contributed by atoms with Crippen LogP contribution in [0.3, 0.4) is 0 Å². The van der Waals surface area contributed by atoms with Gasteiger partial charge in [0, 0.05) is 11.4 Å². The summed E-state index contributed by atoms with van der Waals surface area (Å²) < 4.78 is 11.5. The van der Waals surface area contributed by atoms with Gasteiger partial charge in [0.2, 0.25) is 0 Å². The van der Waals surface area contributed by atoms with Crippen molar-refractivity contribution in [3.63, 3.8) is 0 Å². The number of ether oxygens (including phenoxy) is 2. The van der Waals surface area contributed by atoms with Gasteiger partial charge < -0.3 is 25.4 Å². The van der Waals surface area contributed by atoms with E-state index in [0.29, 0.717) is 40.7 Å². The number of hydrogen-bond acceptors (Lipinski definition) is 4. The number of para-hydroxylation sites is 2. The van der Waals surface area contributed by atoms with Crippen LogP contribution in [0.15, 0.2) is 66.7 Å². The zero-order valence-electron chi connectivity index (χ0n) is 17.1. The molecule has 31 heavy (non-hydrogen) atoms. The average molecular weight is 417 g/mol. The number of hydrogen-bond donors (Lipinski definition) is 3. The molecule has 0 atom stereocenters. The molecule has 0 radical (unpaired) electrons. The number of unbranched alkanes of at least 4 members (excludes halogenated alkanes) is 1. The van der Waals surface area contributed by atoms with E-state index in [2.05, 4.69) is 22.9 Å². The van der Waals surface area contributed by atoms with Crippen LogP contribution >= 0.6 is 0 Å². The fourth-order valence-corrected chi connectivity index (χ4v) is 3.10. The Kier molecular flexibility index (Phi) is 6.03. The third-order valence-corrected chi connectivity index (χ3v) is 4.72. The highest BCUT2D eigenvalue weighted by Gasteiger charge is 2.21. The van der Waals surface area contributed by atoms with E-state index in [1.165, 1.54) is 0 Å². The molecule has 158 valence electrons. The monoisotopic (exact) mass is 417 g/mol. The molecule has 4 rings (SSSR count). The average Bonchev–Trinajstić information content (AvgIpc) is 2.91. The molecular weight excluding hydrogens is 394 g/mol. The Bertz CT molecular complexity index is 1100. The van der Waals surface area contributed by atoms with Crippen molar-refractivity contribution in [1.29, 1.82) is 0 Å². The van der Waals surface area contributed by atoms with Crippen LogP contribution in [0.1, 0.15) is 30.1 Å². The van der Waals surface area contributed by atoms with Gasteiger partial charge in [0.05, 0.1) is 17.9 Å². The van der Waals surface area contributed by atoms with Gasteiger partial charge in [0.25, 0.3) is 5.91 Å². The van der Waals surface area contributed by atoms with Gasteiger partial charge in [-0.25, -0.2) is 4.79 Å². The van der Waals surface area contributed by atoms with Gasteiger partial charge in [0.15, 0.2) is 5.75 Å². The van der Waals surface area contributed by atoms with Crippen LogP contribution in [-0.4, -0.2) is 18.5 Å². The second-order valence-electron chi connectivity index (χ2n) is 7.07. The number of amides is 3. The smallest absolute Gasteiger partial charge is 0.323 e. The minimum atomic E-state index is -0.419. The third kappa shape index (κ3) is 4.95. The summed E-state index contributed by atoms with van der Waals surface area (Å²) in [6.45, 7) is 2.78. The molecule has 7 heteroatoms. The van der Waals surface area contributed by atoms with Crippen LogP contribution in [0.4, 0.5) is 21.9 Å². The maximum Gasteiger partial charge on any atom is 0.323 e. The predicted octanol–water partition coefficient (Wildman–Crippen LogP) is 5.87. The van der Waals surface area contributed by atoms with Crippen LogP contribution in [0.2, 0.25) is 0 Å². The summed E-state index contributed by atoms with van der Waals surface area (Å²) in [5.41, 5.74) is 2.03. The highest BCUT2D eigenvalue weighted by atomic mass is 16.5. The van der Waals surface area contributed by atoms with E-state index in [1.54, 1.807) is 42.5 Å². The van der Waals surface area contributed by atoms with E-state index >= 15 is 0 Å². The summed E-state index contributed by atoms with van der Waals surface area (Å²) in [7, 11) is 0. The second kappa shape index (κ2) is 9.21. The molecule has 3 N–H and O–H groups in total. The molecule has 3 aromatic rings. The van der Waals surface area contributed by atoms with Gasteiger partial charge in [-0.3, -0.25) is 4.79 Å². The molecular formula is C24H23N3O4. The van der Waals surface area contributed by atoms with Gasteiger partial charge in [-0.1, -0.05) is 25.5 Å². The number of carbonyl (C=O) groups is 2. The third-order valence-electron chi connectivity index (χ3n) is 4.72. The molecule has 3 aromatic carbocycles. The van der Waals surface area contributed by atoms with E-state index in [0.717, 1.165) is 18.6 Å². The van der Waals surface area contributed by atoms with Gasteiger partial charge in [0.1, 0.15) is 11.5 Å². The summed E-state index contributed by atoms with van der Waals surface area (Å²) in [6, 6.07) is 18.9. The quantitative estimate of drug-likeness (QED) is 0.438. The summed E-state index contributed by atoms with van der Waals surface area (Å²) in [5, 5.41) is 8.33. The summed E-state index contributed by atoms with van der Waals surface area (Å²) in [4.78, 5) is 25.0. The summed E-state index contributed by atoms with van der Waals surface area (Å²) >= 11 is 0. The zero-order chi connectivity index (χ0) is 21.6. The normalized spacial score (nSPS) is 11.8. The van der Waals surface area contributed by atoms with Crippen molar-refractivity contribution in [2.24, 2.45) is 0 Å². The predicted molar refractivity (Wildman–Crippen MR) is 120 cm³/mol. The maximum atomic E-state index is 12.6. The highest BCUT2D eigenvalue weighted by molar-refractivity contribution is 6.09. The van der Waals surface area contributed by atoms with Crippen molar-refractivity contribution < 1.29 is 19.1 Å². The standard InChI is InChI=1S/C24H23N3O4/c1-2-3-14-30-18-11-8-16(9-12-18)25-24(29)26-17-10-13-21-19(15-17)23(28)27-20-6-4-5-7-22(20)31-21/h4-13,15H,2-3,14H2,1H3,(H,27,28)(H2,25,26,29). The Hall–Kier alpha value is -4.00. The molecule has 0 saturated carbocycles. The Morgan fingerprint density at radius 3 is 2.52 bits per heavy atom. The molecule has 0 saturated heterocycles. The number of rotatable bonds is 6. The van der Waals surface area contributed by atoms with Crippen molar-refractivity contribution in [2.75, 3.05) is 22.6 Å². The minimum absolute atomic E-state index is 0.303. The lowest BCUT2D eigenvalue weighted by Gasteiger charge is -2.11. The first-order valence-corrected chi connectivity index (χ1v) is 10.2. The number of anilines is 3. The molecule has 1 aliphatic heterocycles. The van der Waals surface area contributed by atoms with E-state index < -0.39 is 6.03 Å². The number of fused-ring (bicyclic) bond motifs is 2. The van der Waals surface area contributed by atoms with E-state index in [-0.39, 0.29) is 5.91 Å². The first-order chi connectivity index (χ1) is 15.1. The molecule has 0 unspecified atom stereocenters. The molecule has 0 spiro atoms. The van der Waals surface area contributed by atoms with Crippen LogP contribution in [-0.2, 0) is 0 Å². The van der Waals surface area contributed by atoms with E-state index in [9.17, 15) is 9.59 Å². The Balaban J connectivity index is 1.40. The minimum Gasteiger partial charge on any atom is -0.494 e. The molecule has 0 fully saturated rings. The Morgan fingerprint density at radius 1 is 0.968 bits per heavy atom. The molecule has 3 amide bonds. The number of urea groups is 1. The van der Waals surface area contributed by atoms with Crippen molar-refractivity contribution in [3.05, 3.63) is 72.3 Å². The van der Waals surface area contributed by atoms with Gasteiger partial charge >= 0.3 is 6.03 Å². The van der Waals surface area contributed by atoms with Crippen LogP contribution in [0.25, 0.3) is 0 Å². The fraction of sp³-hybridized carbons (Fsp3) is 0.167. The topological polar surface area (TPSA) is 88.7 Å². The SMILES string of the molecule is CCCCOc1ccc(NC(=O)Nc2ccc3c(c2)C(=O)Nc2ccccc2O3)cc1. The molecule has 1 aliphatic rings. The maximum absolute atomic E-state index is 12.6. The van der Waals surface area contributed by atoms with Crippen molar-refractivity contribution >= 4 is 29.0 Å². The van der Waals surface area contributed by atoms with Crippen LogP contribution < -0.4 is 25.4 Å². The first-order valence-electron chi connectivity index (χ1n) is 10.2. The lowest BCUT2D eigenvalue weighted by atomic mass is 10.1. The summed E-state index contributed by atoms with van der Waals surface area (Å²) in [6.07, 6.45) is 2.07. The first kappa shape index (κ1) is 20.3. The lowest BCUT2D eigenvalue weighted by Crippen LogP contribution is -2.20. The van der Waals surface area contributed by atoms with Crippen LogP contribution in [0, 0.1) is 0 Å². The number of benzene rings is 3. The highest BCUT2D eigenvalue weighted by Crippen LogP contribution is 2.36. The second-order valence-corrected chi connectivity index (χ2v) is 7.07. The van der Waals surface area contributed by atoms with Crippen molar-refractivity contribution in [1.82, 2.24) is 0 Å². The molecule has 0 aromatic heterocycles. The largest absolute Gasteiger partial charge is 0.494 e. The van der Waals surface area contributed by atoms with Gasteiger partial charge in [-0.15, -0.1) is 0 Å².